The standard InChI is InChI=1S/2C21H23FN2O/c2*1-4-21(14-6-5-7-15(22)9-14)16-12-23-24-17(16)8-13-10-20(2,3)11-18(25)19(13)21/h2*5-7,9,12H,4,8,10-11H2,1-3H3,(H,23,24)/t2*21-/m10/s1. The zero-order valence-corrected chi connectivity index (χ0v) is 29.9. The fourth-order valence-electron chi connectivity index (χ4n) is 9.86. The van der Waals surface area contributed by atoms with Crippen molar-refractivity contribution in [2.45, 2.75) is 104 Å². The van der Waals surface area contributed by atoms with Crippen LogP contribution in [-0.4, -0.2) is 32.0 Å². The highest BCUT2D eigenvalue weighted by Crippen LogP contribution is 2.55. The van der Waals surface area contributed by atoms with E-state index in [1.807, 2.05) is 24.5 Å². The Bertz CT molecular complexity index is 1930. The number of aromatic amines is 2. The number of benzene rings is 2. The third-order valence-corrected chi connectivity index (χ3v) is 11.6. The second-order valence-corrected chi connectivity index (χ2v) is 16.3. The highest BCUT2D eigenvalue weighted by Gasteiger charge is 2.51. The number of ketones is 2. The molecule has 0 amide bonds. The Morgan fingerprint density at radius 2 is 1.04 bits per heavy atom. The number of carbonyl (C=O) groups is 2. The molecule has 2 aromatic carbocycles. The lowest BCUT2D eigenvalue weighted by Crippen LogP contribution is -2.42. The van der Waals surface area contributed by atoms with E-state index in [1.54, 1.807) is 24.3 Å². The fraction of sp³-hybridized carbons (Fsp3) is 0.429. The Balaban J connectivity index is 0.000000157. The van der Waals surface area contributed by atoms with Crippen LogP contribution in [0.3, 0.4) is 0 Å². The molecular weight excluding hydrogens is 630 g/mol. The van der Waals surface area contributed by atoms with E-state index in [2.05, 4.69) is 61.9 Å². The number of aromatic nitrogens is 4. The van der Waals surface area contributed by atoms with E-state index in [4.69, 9.17) is 0 Å². The van der Waals surface area contributed by atoms with E-state index in [1.165, 1.54) is 23.3 Å². The Kier molecular flexibility index (Phi) is 8.23. The van der Waals surface area contributed by atoms with Gasteiger partial charge in [0.15, 0.2) is 11.6 Å². The van der Waals surface area contributed by atoms with Gasteiger partial charge in [0.1, 0.15) is 11.6 Å². The summed E-state index contributed by atoms with van der Waals surface area (Å²) in [7, 11) is 0. The lowest BCUT2D eigenvalue weighted by atomic mass is 9.57. The maximum absolute atomic E-state index is 14.1. The first-order chi connectivity index (χ1) is 23.7. The predicted octanol–water partition coefficient (Wildman–Crippen LogP) is 8.97. The van der Waals surface area contributed by atoms with Crippen molar-refractivity contribution in [1.29, 1.82) is 0 Å². The maximum Gasteiger partial charge on any atom is 0.160 e. The lowest BCUT2D eigenvalue weighted by molar-refractivity contribution is -0.119. The highest BCUT2D eigenvalue weighted by atomic mass is 19.1. The molecule has 4 aromatic rings. The van der Waals surface area contributed by atoms with E-state index < -0.39 is 10.8 Å². The van der Waals surface area contributed by atoms with Crippen LogP contribution in [0.2, 0.25) is 0 Å². The zero-order valence-electron chi connectivity index (χ0n) is 29.9. The van der Waals surface area contributed by atoms with Gasteiger partial charge in [0.2, 0.25) is 0 Å². The van der Waals surface area contributed by atoms with E-state index in [9.17, 15) is 18.4 Å². The largest absolute Gasteiger partial charge is 0.294 e. The molecule has 0 aliphatic heterocycles. The minimum absolute atomic E-state index is 0.0329. The molecule has 0 unspecified atom stereocenters. The molecule has 0 spiro atoms. The molecule has 2 heterocycles. The van der Waals surface area contributed by atoms with Crippen LogP contribution in [0, 0.1) is 22.5 Å². The number of rotatable bonds is 4. The molecular formula is C42H46F2N4O2. The first-order valence-corrected chi connectivity index (χ1v) is 17.8. The molecule has 2 N–H and O–H groups in total. The van der Waals surface area contributed by atoms with E-state index >= 15 is 0 Å². The summed E-state index contributed by atoms with van der Waals surface area (Å²) < 4.78 is 28.1. The molecule has 6 nitrogen and oxygen atoms in total. The summed E-state index contributed by atoms with van der Waals surface area (Å²) in [5.74, 6) is -0.146. The van der Waals surface area contributed by atoms with Gasteiger partial charge in [-0.15, -0.1) is 0 Å². The maximum atomic E-state index is 14.1. The van der Waals surface area contributed by atoms with Gasteiger partial charge in [-0.3, -0.25) is 19.8 Å². The molecule has 8 rings (SSSR count). The van der Waals surface area contributed by atoms with Crippen LogP contribution in [0.1, 0.15) is 114 Å². The van der Waals surface area contributed by atoms with Crippen LogP contribution < -0.4 is 0 Å². The molecule has 0 saturated carbocycles. The van der Waals surface area contributed by atoms with Gasteiger partial charge >= 0.3 is 0 Å². The number of hydrogen-bond donors (Lipinski definition) is 2. The number of carbonyl (C=O) groups excluding carboxylic acids is 2. The average molecular weight is 677 g/mol. The van der Waals surface area contributed by atoms with Gasteiger partial charge in [-0.1, -0.05) is 77.0 Å². The molecule has 2 atom stereocenters. The van der Waals surface area contributed by atoms with E-state index in [0.29, 0.717) is 25.7 Å². The van der Waals surface area contributed by atoms with Gasteiger partial charge in [0, 0.05) is 59.3 Å². The van der Waals surface area contributed by atoms with E-state index in [-0.39, 0.29) is 34.0 Å². The molecule has 0 bridgehead atoms. The number of allylic oxidation sites excluding steroid dienone is 4. The number of fused-ring (bicyclic) bond motifs is 2. The third kappa shape index (κ3) is 5.33. The monoisotopic (exact) mass is 676 g/mol. The molecule has 50 heavy (non-hydrogen) atoms. The number of nitrogens with zero attached hydrogens (tertiary/aromatic N) is 2. The minimum Gasteiger partial charge on any atom is -0.294 e. The van der Waals surface area contributed by atoms with Crippen LogP contribution in [0.4, 0.5) is 8.78 Å². The molecule has 0 saturated heterocycles. The quantitative estimate of drug-likeness (QED) is 0.226. The molecule has 4 aliphatic rings. The fourth-order valence-corrected chi connectivity index (χ4v) is 9.86. The van der Waals surface area contributed by atoms with Crippen LogP contribution in [-0.2, 0) is 33.3 Å². The highest BCUT2D eigenvalue weighted by molar-refractivity contribution is 6.02. The van der Waals surface area contributed by atoms with Gasteiger partial charge in [-0.2, -0.15) is 10.2 Å². The van der Waals surface area contributed by atoms with Crippen molar-refractivity contribution in [3.8, 4) is 0 Å². The lowest BCUT2D eigenvalue weighted by Gasteiger charge is -2.45. The summed E-state index contributed by atoms with van der Waals surface area (Å²) in [5, 5.41) is 14.7. The first kappa shape index (κ1) is 34.0. The van der Waals surface area contributed by atoms with Gasteiger partial charge in [-0.05, 0) is 71.9 Å². The van der Waals surface area contributed by atoms with Crippen LogP contribution >= 0.6 is 0 Å². The predicted molar refractivity (Wildman–Crippen MR) is 190 cm³/mol. The number of H-pyrrole nitrogens is 2. The summed E-state index contributed by atoms with van der Waals surface area (Å²) in [6.45, 7) is 12.7. The Hall–Kier alpha value is -4.46. The minimum atomic E-state index is -0.606. The van der Waals surface area contributed by atoms with Gasteiger partial charge in [0.05, 0.1) is 23.2 Å². The van der Waals surface area contributed by atoms with Crippen molar-refractivity contribution in [2.24, 2.45) is 10.8 Å². The van der Waals surface area contributed by atoms with Crippen molar-refractivity contribution in [3.63, 3.8) is 0 Å². The van der Waals surface area contributed by atoms with Crippen LogP contribution in [0.15, 0.2) is 83.2 Å². The second kappa shape index (κ2) is 12.1. The van der Waals surface area contributed by atoms with Crippen molar-refractivity contribution < 1.29 is 18.4 Å². The third-order valence-electron chi connectivity index (χ3n) is 11.6. The normalized spacial score (nSPS) is 24.9. The summed E-state index contributed by atoms with van der Waals surface area (Å²) in [5.41, 5.74) is 8.69. The molecule has 8 heteroatoms. The number of nitrogens with one attached hydrogen (secondary N) is 2. The summed E-state index contributed by atoms with van der Waals surface area (Å²) in [4.78, 5) is 26.5. The summed E-state index contributed by atoms with van der Waals surface area (Å²) >= 11 is 0. The van der Waals surface area contributed by atoms with Gasteiger partial charge in [-0.25, -0.2) is 8.78 Å². The Morgan fingerprint density at radius 1 is 0.640 bits per heavy atom. The number of Topliss-reactive ketones (excluding diaryl/α,β-unsaturated/α-hetero) is 2. The first-order valence-electron chi connectivity index (χ1n) is 17.8. The van der Waals surface area contributed by atoms with Crippen molar-refractivity contribution >= 4 is 11.6 Å². The van der Waals surface area contributed by atoms with Crippen molar-refractivity contribution in [2.75, 3.05) is 0 Å². The van der Waals surface area contributed by atoms with Crippen molar-refractivity contribution in [3.05, 3.63) is 128 Å². The SMILES string of the molecule is CC[C@@]1(c2cccc(F)c2)C2=C(Cc3[nH]ncc31)CC(C)(C)CC2=O.CC[C@]1(c2cccc(F)c2)C2=C(Cc3[nH]ncc31)CC(C)(C)CC2=O. The Morgan fingerprint density at radius 3 is 1.40 bits per heavy atom. The van der Waals surface area contributed by atoms with Crippen LogP contribution in [0.25, 0.3) is 0 Å². The van der Waals surface area contributed by atoms with Crippen LogP contribution in [0.5, 0.6) is 0 Å². The topological polar surface area (TPSA) is 91.5 Å². The van der Waals surface area contributed by atoms with E-state index in [0.717, 1.165) is 70.5 Å². The van der Waals surface area contributed by atoms with Crippen molar-refractivity contribution in [1.82, 2.24) is 20.4 Å². The number of hydrogen-bond acceptors (Lipinski definition) is 4. The molecule has 0 fully saturated rings. The molecule has 0 radical (unpaired) electrons. The molecule has 260 valence electrons. The molecule has 4 aliphatic carbocycles. The summed E-state index contributed by atoms with van der Waals surface area (Å²) in [6, 6.07) is 13.4. The average Bonchev–Trinajstić information content (AvgIpc) is 3.72. The van der Waals surface area contributed by atoms with Gasteiger partial charge < -0.3 is 0 Å². The zero-order chi connectivity index (χ0) is 35.6. The smallest absolute Gasteiger partial charge is 0.160 e. The second-order valence-electron chi connectivity index (χ2n) is 16.3. The Labute approximate surface area is 292 Å². The summed E-state index contributed by atoms with van der Waals surface area (Å²) in [6.07, 6.45) is 9.37. The molecule has 2 aromatic heterocycles. The number of halogens is 2. The van der Waals surface area contributed by atoms with Gasteiger partial charge in [0.25, 0.3) is 0 Å².